The summed E-state index contributed by atoms with van der Waals surface area (Å²) < 4.78 is 18.6. The van der Waals surface area contributed by atoms with Crippen molar-refractivity contribution in [1.82, 2.24) is 0 Å². The predicted octanol–water partition coefficient (Wildman–Crippen LogP) is 2.09. The predicted molar refractivity (Wildman–Crippen MR) is 59.7 cm³/mol. The summed E-state index contributed by atoms with van der Waals surface area (Å²) in [5, 5.41) is 9.73. The zero-order valence-corrected chi connectivity index (χ0v) is 9.03. The van der Waals surface area contributed by atoms with Gasteiger partial charge in [-0.25, -0.2) is 4.39 Å². The van der Waals surface area contributed by atoms with Gasteiger partial charge in [0.15, 0.2) is 0 Å². The molecule has 0 aromatic heterocycles. The van der Waals surface area contributed by atoms with Gasteiger partial charge in [0, 0.05) is 6.07 Å². The molecule has 1 aromatic carbocycles. The summed E-state index contributed by atoms with van der Waals surface area (Å²) in [5.41, 5.74) is 6.08. The lowest BCUT2D eigenvalue weighted by Crippen LogP contribution is -2.34. The fourth-order valence-electron chi connectivity index (χ4n) is 1.99. The maximum absolute atomic E-state index is 13.0. The van der Waals surface area contributed by atoms with E-state index in [1.165, 1.54) is 18.2 Å². The summed E-state index contributed by atoms with van der Waals surface area (Å²) in [6, 6.07) is 4.02. The molecule has 2 rings (SSSR count). The minimum Gasteiger partial charge on any atom is -0.485 e. The lowest BCUT2D eigenvalue weighted by Gasteiger charge is -2.28. The highest BCUT2D eigenvalue weighted by Gasteiger charge is 2.25. The van der Waals surface area contributed by atoms with Crippen LogP contribution in [0.5, 0.6) is 5.75 Å². The van der Waals surface area contributed by atoms with Crippen LogP contribution in [-0.4, -0.2) is 17.3 Å². The van der Waals surface area contributed by atoms with Gasteiger partial charge in [-0.05, 0) is 31.4 Å². The topological polar surface area (TPSA) is 55.5 Å². The quantitative estimate of drug-likeness (QED) is 0.758. The molecule has 1 fully saturated rings. The van der Waals surface area contributed by atoms with Crippen LogP contribution in [0.2, 0.25) is 0 Å². The third kappa shape index (κ3) is 2.44. The van der Waals surface area contributed by atoms with E-state index in [1.807, 2.05) is 0 Å². The molecule has 0 radical (unpaired) electrons. The number of halogens is 1. The third-order valence-corrected chi connectivity index (χ3v) is 2.92. The first-order valence-corrected chi connectivity index (χ1v) is 5.56. The molecule has 16 heavy (non-hydrogen) atoms. The van der Waals surface area contributed by atoms with Gasteiger partial charge in [-0.3, -0.25) is 0 Å². The number of aliphatic hydroxyl groups excluding tert-OH is 1. The molecular weight excluding hydrogens is 209 g/mol. The molecule has 0 saturated heterocycles. The van der Waals surface area contributed by atoms with Crippen molar-refractivity contribution >= 4 is 5.69 Å². The Hall–Kier alpha value is -1.29. The zero-order chi connectivity index (χ0) is 11.5. The highest BCUT2D eigenvalue weighted by Crippen LogP contribution is 2.28. The van der Waals surface area contributed by atoms with Crippen molar-refractivity contribution in [3.8, 4) is 5.75 Å². The minimum absolute atomic E-state index is 0.266. The number of rotatable bonds is 2. The number of nitrogens with two attached hydrogens (primary N) is 1. The van der Waals surface area contributed by atoms with Crippen LogP contribution in [0.3, 0.4) is 0 Å². The summed E-state index contributed by atoms with van der Waals surface area (Å²) in [6.07, 6.45) is 2.82. The first kappa shape index (κ1) is 11.2. The van der Waals surface area contributed by atoms with E-state index < -0.39 is 6.10 Å². The van der Waals surface area contributed by atoms with E-state index in [-0.39, 0.29) is 11.9 Å². The molecule has 0 bridgehead atoms. The number of anilines is 1. The molecule has 0 aliphatic heterocycles. The molecule has 1 saturated carbocycles. The van der Waals surface area contributed by atoms with Gasteiger partial charge in [0.2, 0.25) is 0 Å². The normalized spacial score (nSPS) is 25.4. The second kappa shape index (κ2) is 4.70. The Balaban J connectivity index is 2.10. The summed E-state index contributed by atoms with van der Waals surface area (Å²) in [4.78, 5) is 0. The average molecular weight is 225 g/mol. The van der Waals surface area contributed by atoms with Crippen LogP contribution < -0.4 is 10.5 Å². The second-order valence-electron chi connectivity index (χ2n) is 4.19. The van der Waals surface area contributed by atoms with Crippen LogP contribution in [0.1, 0.15) is 25.7 Å². The number of hydrogen-bond acceptors (Lipinski definition) is 3. The van der Waals surface area contributed by atoms with Crippen LogP contribution in [0.25, 0.3) is 0 Å². The van der Waals surface area contributed by atoms with Crippen molar-refractivity contribution in [1.29, 1.82) is 0 Å². The summed E-state index contributed by atoms with van der Waals surface area (Å²) in [6.45, 7) is 0. The van der Waals surface area contributed by atoms with Crippen LogP contribution >= 0.6 is 0 Å². The Kier molecular flexibility index (Phi) is 3.29. The van der Waals surface area contributed by atoms with E-state index in [1.54, 1.807) is 0 Å². The molecule has 0 amide bonds. The van der Waals surface area contributed by atoms with Gasteiger partial charge in [0.1, 0.15) is 17.7 Å². The Morgan fingerprint density at radius 2 is 2.06 bits per heavy atom. The molecular formula is C12H16FNO2. The van der Waals surface area contributed by atoms with Crippen molar-refractivity contribution in [3.05, 3.63) is 24.0 Å². The molecule has 2 atom stereocenters. The average Bonchev–Trinajstić information content (AvgIpc) is 2.27. The van der Waals surface area contributed by atoms with Crippen molar-refractivity contribution in [2.45, 2.75) is 37.9 Å². The first-order chi connectivity index (χ1) is 7.66. The minimum atomic E-state index is -0.476. The zero-order valence-electron chi connectivity index (χ0n) is 9.03. The Morgan fingerprint density at radius 1 is 1.31 bits per heavy atom. The Labute approximate surface area is 94.0 Å². The molecule has 1 aromatic rings. The van der Waals surface area contributed by atoms with Gasteiger partial charge >= 0.3 is 0 Å². The maximum Gasteiger partial charge on any atom is 0.145 e. The Bertz CT molecular complexity index is 370. The lowest BCUT2D eigenvalue weighted by atomic mass is 9.95. The van der Waals surface area contributed by atoms with E-state index in [4.69, 9.17) is 10.5 Å². The third-order valence-electron chi connectivity index (χ3n) is 2.92. The lowest BCUT2D eigenvalue weighted by molar-refractivity contribution is 0.00714. The second-order valence-corrected chi connectivity index (χ2v) is 4.19. The fourth-order valence-corrected chi connectivity index (χ4v) is 1.99. The highest BCUT2D eigenvalue weighted by molar-refractivity contribution is 5.52. The van der Waals surface area contributed by atoms with E-state index in [9.17, 15) is 9.50 Å². The number of hydrogen-bond donors (Lipinski definition) is 2. The number of benzene rings is 1. The number of nitrogen functional groups attached to an aromatic ring is 1. The monoisotopic (exact) mass is 225 g/mol. The van der Waals surface area contributed by atoms with Gasteiger partial charge in [-0.2, -0.15) is 0 Å². The smallest absolute Gasteiger partial charge is 0.145 e. The van der Waals surface area contributed by atoms with E-state index >= 15 is 0 Å². The number of ether oxygens (including phenoxy) is 1. The molecule has 4 heteroatoms. The molecule has 1 aliphatic carbocycles. The maximum atomic E-state index is 13.0. The Morgan fingerprint density at radius 3 is 2.81 bits per heavy atom. The first-order valence-electron chi connectivity index (χ1n) is 5.56. The van der Waals surface area contributed by atoms with E-state index in [2.05, 4.69) is 0 Å². The summed E-state index contributed by atoms with van der Waals surface area (Å²) in [7, 11) is 0. The van der Waals surface area contributed by atoms with Gasteiger partial charge in [-0.15, -0.1) is 0 Å². The highest BCUT2D eigenvalue weighted by atomic mass is 19.1. The molecule has 1 unspecified atom stereocenters. The van der Waals surface area contributed by atoms with Gasteiger partial charge in [-0.1, -0.05) is 6.42 Å². The molecule has 3 nitrogen and oxygen atoms in total. The van der Waals surface area contributed by atoms with Crippen LogP contribution in [0, 0.1) is 5.82 Å². The SMILES string of the molecule is Nc1ccc(F)cc1O[C@@H]1CCCCC1O. The largest absolute Gasteiger partial charge is 0.485 e. The molecule has 88 valence electrons. The summed E-state index contributed by atoms with van der Waals surface area (Å²) >= 11 is 0. The standard InChI is InChI=1S/C12H16FNO2/c13-8-5-6-9(14)12(7-8)16-11-4-2-1-3-10(11)15/h5-7,10-11,15H,1-4,14H2/t10?,11-/m1/s1. The van der Waals surface area contributed by atoms with Crippen molar-refractivity contribution in [2.24, 2.45) is 0 Å². The van der Waals surface area contributed by atoms with Crippen molar-refractivity contribution in [3.63, 3.8) is 0 Å². The van der Waals surface area contributed by atoms with Crippen LogP contribution in [0.4, 0.5) is 10.1 Å². The van der Waals surface area contributed by atoms with E-state index in [0.717, 1.165) is 25.7 Å². The van der Waals surface area contributed by atoms with Gasteiger partial charge in [0.05, 0.1) is 11.8 Å². The van der Waals surface area contributed by atoms with E-state index in [0.29, 0.717) is 11.4 Å². The fraction of sp³-hybridized carbons (Fsp3) is 0.500. The van der Waals surface area contributed by atoms with Crippen LogP contribution in [-0.2, 0) is 0 Å². The molecule has 3 N–H and O–H groups in total. The summed E-state index contributed by atoms with van der Waals surface area (Å²) in [5.74, 6) is -0.0551. The van der Waals surface area contributed by atoms with Crippen LogP contribution in [0.15, 0.2) is 18.2 Å². The molecule has 0 heterocycles. The van der Waals surface area contributed by atoms with Gasteiger partial charge in [0.25, 0.3) is 0 Å². The molecule has 0 spiro atoms. The van der Waals surface area contributed by atoms with Crippen molar-refractivity contribution in [2.75, 3.05) is 5.73 Å². The van der Waals surface area contributed by atoms with Gasteiger partial charge < -0.3 is 15.6 Å². The number of aliphatic hydroxyl groups is 1. The van der Waals surface area contributed by atoms with Crippen molar-refractivity contribution < 1.29 is 14.2 Å². The molecule has 1 aliphatic rings.